The summed E-state index contributed by atoms with van der Waals surface area (Å²) < 4.78 is 18.2. The topological polar surface area (TPSA) is 123 Å². The van der Waals surface area contributed by atoms with Gasteiger partial charge < -0.3 is 39.1 Å². The summed E-state index contributed by atoms with van der Waals surface area (Å²) in [6, 6.07) is 5.70. The lowest BCUT2D eigenvalue weighted by Crippen LogP contribution is -2.33. The van der Waals surface area contributed by atoms with Crippen molar-refractivity contribution in [1.29, 1.82) is 0 Å². The van der Waals surface area contributed by atoms with Gasteiger partial charge in [-0.05, 0) is 18.9 Å². The number of anilines is 3. The van der Waals surface area contributed by atoms with Crippen LogP contribution >= 0.6 is 0 Å². The van der Waals surface area contributed by atoms with E-state index >= 15 is 0 Å². The Labute approximate surface area is 196 Å². The minimum Gasteiger partial charge on any atom is -0.493 e. The van der Waals surface area contributed by atoms with Crippen LogP contribution in [-0.2, 0) is 0 Å². The summed E-state index contributed by atoms with van der Waals surface area (Å²) in [5.41, 5.74) is 1.51. The molecule has 3 N–H and O–H groups in total. The highest BCUT2D eigenvalue weighted by Crippen LogP contribution is 2.39. The average molecular weight is 466 g/mol. The van der Waals surface area contributed by atoms with Crippen LogP contribution in [0.25, 0.3) is 16.7 Å². The fourth-order valence-corrected chi connectivity index (χ4v) is 4.36. The summed E-state index contributed by atoms with van der Waals surface area (Å²) >= 11 is 0. The molecule has 1 aliphatic rings. The summed E-state index contributed by atoms with van der Waals surface area (Å²) in [6.07, 6.45) is 7.31. The van der Waals surface area contributed by atoms with Crippen molar-refractivity contribution in [3.63, 3.8) is 0 Å². The lowest BCUT2D eigenvalue weighted by Gasteiger charge is -2.25. The molecule has 1 aliphatic heterocycles. The third-order valence-electron chi connectivity index (χ3n) is 6.03. The van der Waals surface area contributed by atoms with Crippen molar-refractivity contribution in [2.24, 2.45) is 0 Å². The van der Waals surface area contributed by atoms with Crippen molar-refractivity contribution in [2.45, 2.75) is 18.9 Å². The Hall–Kier alpha value is -3.99. The van der Waals surface area contributed by atoms with Crippen molar-refractivity contribution in [3.05, 3.63) is 36.9 Å². The van der Waals surface area contributed by atoms with Gasteiger partial charge in [-0.15, -0.1) is 0 Å². The van der Waals surface area contributed by atoms with Gasteiger partial charge in [0, 0.05) is 24.9 Å². The van der Waals surface area contributed by atoms with Crippen molar-refractivity contribution >= 4 is 28.6 Å². The third-order valence-corrected chi connectivity index (χ3v) is 6.03. The number of hydrogen-bond acceptors (Lipinski definition) is 9. The molecule has 1 unspecified atom stereocenters. The first-order chi connectivity index (χ1) is 16.6. The summed E-state index contributed by atoms with van der Waals surface area (Å²) in [7, 11) is 4.73. The predicted molar refractivity (Wildman–Crippen MR) is 128 cm³/mol. The Morgan fingerprint density at radius 2 is 1.94 bits per heavy atom. The largest absolute Gasteiger partial charge is 0.493 e. The molecule has 0 radical (unpaired) electrons. The zero-order chi connectivity index (χ0) is 23.7. The Kier molecular flexibility index (Phi) is 5.84. The Bertz CT molecular complexity index is 1280. The first-order valence-electron chi connectivity index (χ1n) is 11.0. The summed E-state index contributed by atoms with van der Waals surface area (Å²) in [4.78, 5) is 19.2. The monoisotopic (exact) mass is 465 g/mol. The van der Waals surface area contributed by atoms with E-state index in [4.69, 9.17) is 19.2 Å². The van der Waals surface area contributed by atoms with Crippen LogP contribution in [0.4, 0.5) is 17.6 Å². The molecular weight excluding hydrogens is 438 g/mol. The van der Waals surface area contributed by atoms with Crippen molar-refractivity contribution in [2.75, 3.05) is 44.7 Å². The van der Waals surface area contributed by atoms with Gasteiger partial charge in [0.25, 0.3) is 0 Å². The number of hydrogen-bond donors (Lipinski definition) is 3. The highest BCUT2D eigenvalue weighted by Gasteiger charge is 2.27. The number of nitrogens with zero attached hydrogens (tertiary/aromatic N) is 5. The quantitative estimate of drug-likeness (QED) is 0.360. The van der Waals surface area contributed by atoms with E-state index in [9.17, 15) is 5.11 Å². The average Bonchev–Trinajstić information content (AvgIpc) is 3.63. The van der Waals surface area contributed by atoms with Gasteiger partial charge in [-0.3, -0.25) is 0 Å². The highest BCUT2D eigenvalue weighted by molar-refractivity contribution is 5.89. The van der Waals surface area contributed by atoms with E-state index in [0.29, 0.717) is 29.0 Å². The number of rotatable bonds is 8. The smallest absolute Gasteiger partial charge is 0.232 e. The summed E-state index contributed by atoms with van der Waals surface area (Å²) in [6.45, 7) is 0.940. The van der Waals surface area contributed by atoms with Gasteiger partial charge in [0.05, 0.1) is 51.2 Å². The fourth-order valence-electron chi connectivity index (χ4n) is 4.36. The lowest BCUT2D eigenvalue weighted by atomic mass is 10.2. The second-order valence-electron chi connectivity index (χ2n) is 7.96. The van der Waals surface area contributed by atoms with Crippen LogP contribution in [0, 0.1) is 0 Å². The van der Waals surface area contributed by atoms with E-state index in [1.165, 1.54) is 0 Å². The number of methoxy groups -OCH3 is 3. The maximum Gasteiger partial charge on any atom is 0.232 e. The Morgan fingerprint density at radius 1 is 1.15 bits per heavy atom. The molecule has 0 spiro atoms. The molecule has 0 bridgehead atoms. The third kappa shape index (κ3) is 3.83. The molecule has 0 aliphatic carbocycles. The van der Waals surface area contributed by atoms with Crippen LogP contribution in [0.2, 0.25) is 0 Å². The number of nitrogens with one attached hydrogen (secondary N) is 2. The minimum atomic E-state index is 0.0556. The number of fused-ring (bicyclic) bond motifs is 1. The van der Waals surface area contributed by atoms with Crippen LogP contribution in [0.15, 0.2) is 36.9 Å². The fraction of sp³-hybridized carbons (Fsp3) is 0.348. The zero-order valence-corrected chi connectivity index (χ0v) is 19.3. The normalized spacial score (nSPS) is 15.6. The van der Waals surface area contributed by atoms with Gasteiger partial charge in [0.2, 0.25) is 11.7 Å². The van der Waals surface area contributed by atoms with Gasteiger partial charge in [-0.1, -0.05) is 0 Å². The molecule has 0 saturated carbocycles. The predicted octanol–water partition coefficient (Wildman–Crippen LogP) is 2.87. The van der Waals surface area contributed by atoms with Crippen LogP contribution in [-0.4, -0.2) is 70.1 Å². The van der Waals surface area contributed by atoms with E-state index in [0.717, 1.165) is 41.9 Å². The van der Waals surface area contributed by atoms with Crippen LogP contribution in [0.3, 0.4) is 0 Å². The molecule has 5 rings (SSSR count). The molecule has 1 atom stereocenters. The molecule has 34 heavy (non-hydrogen) atoms. The van der Waals surface area contributed by atoms with E-state index in [2.05, 4.69) is 25.2 Å². The highest BCUT2D eigenvalue weighted by atomic mass is 16.5. The van der Waals surface area contributed by atoms with E-state index in [1.54, 1.807) is 27.7 Å². The van der Waals surface area contributed by atoms with Gasteiger partial charge in [-0.25, -0.2) is 4.98 Å². The van der Waals surface area contributed by atoms with Crippen LogP contribution in [0.5, 0.6) is 17.2 Å². The molecule has 3 aromatic heterocycles. The van der Waals surface area contributed by atoms with Crippen LogP contribution < -0.4 is 24.4 Å². The number of aromatic nitrogens is 5. The second kappa shape index (κ2) is 9.10. The van der Waals surface area contributed by atoms with Crippen molar-refractivity contribution in [3.8, 4) is 22.9 Å². The van der Waals surface area contributed by atoms with Gasteiger partial charge in [0.15, 0.2) is 17.3 Å². The molecule has 4 aromatic rings. The number of benzene rings is 1. The second-order valence-corrected chi connectivity index (χ2v) is 7.96. The maximum atomic E-state index is 9.80. The number of aliphatic hydroxyl groups is 1. The Morgan fingerprint density at radius 3 is 2.65 bits per heavy atom. The minimum absolute atomic E-state index is 0.0556. The molecule has 178 valence electrons. The SMILES string of the molecule is COc1cc(-n2cnc(Nc3nc(N4CCCC4CO)c4cc[nH]c4n3)c2)cc(OC)c1OC. The van der Waals surface area contributed by atoms with Crippen molar-refractivity contribution < 1.29 is 19.3 Å². The first-order valence-corrected chi connectivity index (χ1v) is 11.0. The Balaban J connectivity index is 1.46. The molecule has 1 fully saturated rings. The molecule has 1 saturated heterocycles. The number of H-pyrrole nitrogens is 1. The van der Waals surface area contributed by atoms with Gasteiger partial charge in [0.1, 0.15) is 17.8 Å². The van der Waals surface area contributed by atoms with Gasteiger partial charge >= 0.3 is 0 Å². The maximum absolute atomic E-state index is 9.80. The number of imidazole rings is 1. The van der Waals surface area contributed by atoms with E-state index < -0.39 is 0 Å². The lowest BCUT2D eigenvalue weighted by molar-refractivity contribution is 0.266. The van der Waals surface area contributed by atoms with E-state index in [-0.39, 0.29) is 12.6 Å². The molecule has 1 aromatic carbocycles. The molecule has 4 heterocycles. The summed E-state index contributed by atoms with van der Waals surface area (Å²) in [5, 5.41) is 13.9. The van der Waals surface area contributed by atoms with Crippen molar-refractivity contribution in [1.82, 2.24) is 24.5 Å². The molecule has 0 amide bonds. The molecule has 11 heteroatoms. The molecule has 11 nitrogen and oxygen atoms in total. The number of ether oxygens (including phenoxy) is 3. The standard InChI is InChI=1S/C23H27N7O4/c1-32-17-9-15(10-18(33-2)20(17)34-3)29-11-19(25-13-29)26-23-27-21-16(6-7-24-21)22(28-23)30-8-4-5-14(30)12-31/h6-7,9-11,13-14,31H,4-5,8,12H2,1-3H3,(H2,24,26,27,28). The first kappa shape index (κ1) is 21.8. The van der Waals surface area contributed by atoms with E-state index in [1.807, 2.05) is 35.2 Å². The summed E-state index contributed by atoms with van der Waals surface area (Å²) in [5.74, 6) is 3.42. The van der Waals surface area contributed by atoms with Gasteiger partial charge in [-0.2, -0.15) is 9.97 Å². The number of aliphatic hydroxyl groups excluding tert-OH is 1. The van der Waals surface area contributed by atoms with Crippen LogP contribution in [0.1, 0.15) is 12.8 Å². The number of aromatic amines is 1. The molecular formula is C23H27N7O4. The zero-order valence-electron chi connectivity index (χ0n) is 19.3.